The lowest BCUT2D eigenvalue weighted by Gasteiger charge is -2.22. The largest absolute Gasteiger partial charge is 0.465 e. The highest BCUT2D eigenvalue weighted by Gasteiger charge is 2.38. The molecule has 1 aliphatic rings. The van der Waals surface area contributed by atoms with Crippen molar-refractivity contribution in [3.63, 3.8) is 0 Å². The second kappa shape index (κ2) is 7.80. The molecule has 1 saturated heterocycles. The normalized spacial score (nSPS) is 17.3. The number of hydrogen-bond acceptors (Lipinski definition) is 5. The molecule has 0 spiro atoms. The van der Waals surface area contributed by atoms with E-state index in [9.17, 15) is 22.8 Å². The van der Waals surface area contributed by atoms with Crippen LogP contribution in [0.15, 0.2) is 52.0 Å². The molecule has 2 amide bonds. The SMILES string of the molecule is CC(C(=O)Nc1cccc(C(F)(F)F)c1)N1C(=O)/C(=C/c2ccco2)SC1=S. The Balaban J connectivity index is 1.75. The zero-order valence-electron chi connectivity index (χ0n) is 14.3. The Labute approximate surface area is 167 Å². The molecular weight excluding hydrogens is 413 g/mol. The summed E-state index contributed by atoms with van der Waals surface area (Å²) in [4.78, 5) is 26.5. The van der Waals surface area contributed by atoms with Crippen molar-refractivity contribution >= 4 is 51.9 Å². The molecule has 10 heteroatoms. The first-order valence-corrected chi connectivity index (χ1v) is 9.18. The summed E-state index contributed by atoms with van der Waals surface area (Å²) in [6.45, 7) is 1.45. The Kier molecular flexibility index (Phi) is 5.61. The maximum atomic E-state index is 12.8. The van der Waals surface area contributed by atoms with Crippen LogP contribution in [0.3, 0.4) is 0 Å². The second-order valence-corrected chi connectivity index (χ2v) is 7.49. The van der Waals surface area contributed by atoms with Crippen molar-refractivity contribution in [1.82, 2.24) is 4.90 Å². The molecular formula is C18H13F3N2O3S2. The fraction of sp³-hybridized carbons (Fsp3) is 0.167. The number of carbonyl (C=O) groups excluding carboxylic acids is 2. The van der Waals surface area contributed by atoms with Crippen LogP contribution in [-0.4, -0.2) is 27.1 Å². The number of anilines is 1. The van der Waals surface area contributed by atoms with Gasteiger partial charge in [0.1, 0.15) is 16.1 Å². The lowest BCUT2D eigenvalue weighted by molar-refractivity contribution is -0.137. The second-order valence-electron chi connectivity index (χ2n) is 5.81. The van der Waals surface area contributed by atoms with E-state index in [1.54, 1.807) is 12.1 Å². The quantitative estimate of drug-likeness (QED) is 0.575. The minimum absolute atomic E-state index is 0.0248. The van der Waals surface area contributed by atoms with Gasteiger partial charge in [0.2, 0.25) is 5.91 Å². The van der Waals surface area contributed by atoms with Crippen LogP contribution in [0.1, 0.15) is 18.2 Å². The molecule has 1 atom stereocenters. The molecule has 0 aliphatic carbocycles. The monoisotopic (exact) mass is 426 g/mol. The number of furan rings is 1. The third-order valence-corrected chi connectivity index (χ3v) is 5.19. The summed E-state index contributed by atoms with van der Waals surface area (Å²) < 4.78 is 43.8. The Morgan fingerprint density at radius 2 is 2.07 bits per heavy atom. The fourth-order valence-electron chi connectivity index (χ4n) is 2.45. The van der Waals surface area contributed by atoms with Gasteiger partial charge in [-0.2, -0.15) is 13.2 Å². The van der Waals surface area contributed by atoms with Crippen molar-refractivity contribution in [1.29, 1.82) is 0 Å². The van der Waals surface area contributed by atoms with Gasteiger partial charge in [-0.05, 0) is 37.3 Å². The van der Waals surface area contributed by atoms with Crippen LogP contribution in [0.2, 0.25) is 0 Å². The van der Waals surface area contributed by atoms with Gasteiger partial charge in [0, 0.05) is 11.8 Å². The van der Waals surface area contributed by atoms with Gasteiger partial charge in [-0.15, -0.1) is 0 Å². The van der Waals surface area contributed by atoms with Crippen LogP contribution in [0.4, 0.5) is 18.9 Å². The van der Waals surface area contributed by atoms with Crippen molar-refractivity contribution in [2.45, 2.75) is 19.1 Å². The van der Waals surface area contributed by atoms with Crippen molar-refractivity contribution in [3.8, 4) is 0 Å². The maximum Gasteiger partial charge on any atom is 0.416 e. The number of benzene rings is 1. The molecule has 1 fully saturated rings. The summed E-state index contributed by atoms with van der Waals surface area (Å²) >= 11 is 6.21. The number of alkyl halides is 3. The van der Waals surface area contributed by atoms with Gasteiger partial charge in [0.15, 0.2) is 0 Å². The fourth-order valence-corrected chi connectivity index (χ4v) is 3.85. The number of thiocarbonyl (C=S) groups is 1. The summed E-state index contributed by atoms with van der Waals surface area (Å²) in [5, 5.41) is 2.39. The summed E-state index contributed by atoms with van der Waals surface area (Å²) in [5.74, 6) is -0.672. The molecule has 0 saturated carbocycles. The molecule has 146 valence electrons. The van der Waals surface area contributed by atoms with E-state index in [2.05, 4.69) is 5.32 Å². The van der Waals surface area contributed by atoms with Crippen LogP contribution in [-0.2, 0) is 15.8 Å². The van der Waals surface area contributed by atoms with Crippen LogP contribution < -0.4 is 5.32 Å². The van der Waals surface area contributed by atoms with Crippen LogP contribution in [0.25, 0.3) is 6.08 Å². The Bertz CT molecular complexity index is 955. The molecule has 28 heavy (non-hydrogen) atoms. The number of nitrogens with zero attached hydrogens (tertiary/aromatic N) is 1. The van der Waals surface area contributed by atoms with E-state index < -0.39 is 29.6 Å². The van der Waals surface area contributed by atoms with Crippen molar-refractivity contribution < 1.29 is 27.2 Å². The lowest BCUT2D eigenvalue weighted by Crippen LogP contribution is -2.44. The number of halogens is 3. The molecule has 0 bridgehead atoms. The highest BCUT2D eigenvalue weighted by molar-refractivity contribution is 8.26. The van der Waals surface area contributed by atoms with Crippen molar-refractivity contribution in [2.75, 3.05) is 5.32 Å². The number of carbonyl (C=O) groups is 2. The number of hydrogen-bond donors (Lipinski definition) is 1. The first-order chi connectivity index (χ1) is 13.2. The predicted molar refractivity (Wildman–Crippen MR) is 103 cm³/mol. The van der Waals surface area contributed by atoms with Gasteiger partial charge in [0.25, 0.3) is 5.91 Å². The lowest BCUT2D eigenvalue weighted by atomic mass is 10.2. The van der Waals surface area contributed by atoms with Crippen molar-refractivity contribution in [2.24, 2.45) is 0 Å². The number of rotatable bonds is 4. The number of nitrogens with one attached hydrogen (secondary N) is 1. The van der Waals surface area contributed by atoms with E-state index in [-0.39, 0.29) is 10.0 Å². The molecule has 1 aromatic carbocycles. The van der Waals surface area contributed by atoms with Crippen LogP contribution in [0, 0.1) is 0 Å². The van der Waals surface area contributed by atoms with E-state index in [0.29, 0.717) is 10.7 Å². The average Bonchev–Trinajstić information content (AvgIpc) is 3.22. The zero-order chi connectivity index (χ0) is 20.5. The summed E-state index contributed by atoms with van der Waals surface area (Å²) in [6.07, 6.45) is -1.56. The van der Waals surface area contributed by atoms with E-state index in [1.807, 2.05) is 0 Å². The van der Waals surface area contributed by atoms with E-state index in [4.69, 9.17) is 16.6 Å². The highest BCUT2D eigenvalue weighted by Crippen LogP contribution is 2.34. The Morgan fingerprint density at radius 1 is 1.32 bits per heavy atom. The van der Waals surface area contributed by atoms with Gasteiger partial charge in [-0.25, -0.2) is 0 Å². The van der Waals surface area contributed by atoms with Gasteiger partial charge in [-0.3, -0.25) is 14.5 Å². The topological polar surface area (TPSA) is 62.6 Å². The summed E-state index contributed by atoms with van der Waals surface area (Å²) in [5.41, 5.74) is -0.909. The smallest absolute Gasteiger partial charge is 0.416 e. The van der Waals surface area contributed by atoms with Gasteiger partial charge in [-0.1, -0.05) is 30.0 Å². The zero-order valence-corrected chi connectivity index (χ0v) is 16.0. The molecule has 5 nitrogen and oxygen atoms in total. The van der Waals surface area contributed by atoms with E-state index >= 15 is 0 Å². The predicted octanol–water partition coefficient (Wildman–Crippen LogP) is 4.53. The number of thioether (sulfide) groups is 1. The molecule has 1 N–H and O–H groups in total. The molecule has 0 radical (unpaired) electrons. The first kappa shape index (κ1) is 20.2. The number of amides is 2. The van der Waals surface area contributed by atoms with Crippen molar-refractivity contribution in [3.05, 3.63) is 58.9 Å². The maximum absolute atomic E-state index is 12.8. The Morgan fingerprint density at radius 3 is 2.71 bits per heavy atom. The molecule has 1 aliphatic heterocycles. The standard InChI is InChI=1S/C18H13F3N2O3S2/c1-10(15(24)22-12-5-2-4-11(8-12)18(19,20)21)23-16(25)14(28-17(23)27)9-13-6-3-7-26-13/h2-10H,1H3,(H,22,24)/b14-9-. The summed E-state index contributed by atoms with van der Waals surface area (Å²) in [6, 6.07) is 6.57. The first-order valence-electron chi connectivity index (χ1n) is 7.95. The van der Waals surface area contributed by atoms with E-state index in [1.165, 1.54) is 31.4 Å². The third-order valence-electron chi connectivity index (χ3n) is 3.86. The molecule has 1 aromatic heterocycles. The average molecular weight is 426 g/mol. The molecule has 2 heterocycles. The minimum Gasteiger partial charge on any atom is -0.465 e. The third kappa shape index (κ3) is 4.28. The molecule has 2 aromatic rings. The molecule has 3 rings (SSSR count). The van der Waals surface area contributed by atoms with Crippen LogP contribution >= 0.6 is 24.0 Å². The minimum atomic E-state index is -4.53. The van der Waals surface area contributed by atoms with Crippen LogP contribution in [0.5, 0.6) is 0 Å². The summed E-state index contributed by atoms with van der Waals surface area (Å²) in [7, 11) is 0. The van der Waals surface area contributed by atoms with Gasteiger partial charge in [0.05, 0.1) is 16.7 Å². The van der Waals surface area contributed by atoms with Gasteiger partial charge >= 0.3 is 6.18 Å². The molecule has 1 unspecified atom stereocenters. The Hall–Kier alpha value is -2.59. The highest BCUT2D eigenvalue weighted by atomic mass is 32.2. The van der Waals surface area contributed by atoms with E-state index in [0.717, 1.165) is 28.8 Å². The van der Waals surface area contributed by atoms with Gasteiger partial charge < -0.3 is 9.73 Å².